The van der Waals surface area contributed by atoms with E-state index in [4.69, 9.17) is 14.2 Å². The van der Waals surface area contributed by atoms with Crippen molar-refractivity contribution in [1.29, 1.82) is 0 Å². The van der Waals surface area contributed by atoms with E-state index in [-0.39, 0.29) is 30.4 Å². The summed E-state index contributed by atoms with van der Waals surface area (Å²) in [5, 5.41) is 16.2. The van der Waals surface area contributed by atoms with Crippen molar-refractivity contribution in [3.63, 3.8) is 0 Å². The maximum Gasteiger partial charge on any atom is 0.408 e. The molecule has 2 aliphatic rings. The lowest BCUT2D eigenvalue weighted by atomic mass is 9.85. The average Bonchev–Trinajstić information content (AvgIpc) is 3.37. The molecule has 1 unspecified atom stereocenters. The van der Waals surface area contributed by atoms with Gasteiger partial charge in [0.15, 0.2) is 0 Å². The largest absolute Gasteiger partial charge is 0.497 e. The van der Waals surface area contributed by atoms with Gasteiger partial charge < -0.3 is 35.1 Å². The number of rotatable bonds is 12. The number of nitrogens with one attached hydrogen (secondary N) is 4. The first kappa shape index (κ1) is 41.8. The van der Waals surface area contributed by atoms with Crippen molar-refractivity contribution in [2.75, 3.05) is 19.0 Å². The van der Waals surface area contributed by atoms with E-state index in [0.717, 1.165) is 5.39 Å². The number of hydrogen-bond donors (Lipinski definition) is 4. The first-order valence-corrected chi connectivity index (χ1v) is 19.9. The molecule has 2 aromatic heterocycles. The number of likely N-dealkylation sites (tertiary alicyclic amines) is 1. The molecule has 5 amide bonds. The van der Waals surface area contributed by atoms with E-state index in [2.05, 4.69) is 37.7 Å². The van der Waals surface area contributed by atoms with E-state index in [1.807, 2.05) is 10.8 Å². The van der Waals surface area contributed by atoms with E-state index < -0.39 is 84.7 Å². The van der Waals surface area contributed by atoms with Gasteiger partial charge in [-0.3, -0.25) is 19.2 Å². The molecule has 1 saturated heterocycles. The second-order valence-corrected chi connectivity index (χ2v) is 18.5. The number of hydrogen-bond acceptors (Lipinski definition) is 14. The summed E-state index contributed by atoms with van der Waals surface area (Å²) < 4.78 is 44.9. The smallest absolute Gasteiger partial charge is 0.408 e. The van der Waals surface area contributed by atoms with E-state index in [1.165, 1.54) is 17.9 Å². The molecule has 0 spiro atoms. The highest BCUT2D eigenvalue weighted by Crippen LogP contribution is 2.45. The van der Waals surface area contributed by atoms with Gasteiger partial charge in [-0.2, -0.15) is 8.42 Å². The van der Waals surface area contributed by atoms with Crippen LogP contribution in [0, 0.1) is 11.3 Å². The lowest BCUT2D eigenvalue weighted by molar-refractivity contribution is -0.143. The third-order valence-corrected chi connectivity index (χ3v) is 11.6. The Balaban J connectivity index is 1.44. The van der Waals surface area contributed by atoms with E-state index in [0.29, 0.717) is 22.5 Å². The quantitative estimate of drug-likeness (QED) is 0.152. The molecule has 5 rings (SSSR count). The molecule has 1 aliphatic carbocycles. The summed E-state index contributed by atoms with van der Waals surface area (Å²) in [7, 11) is -3.04. The normalized spacial score (nSPS) is 21.4. The van der Waals surface area contributed by atoms with Crippen LogP contribution < -0.4 is 30.1 Å². The Morgan fingerprint density at radius 2 is 1.80 bits per heavy atom. The van der Waals surface area contributed by atoms with Crippen LogP contribution in [0.25, 0.3) is 10.8 Å². The molecule has 18 nitrogen and oxygen atoms in total. The van der Waals surface area contributed by atoms with E-state index in [1.54, 1.807) is 73.0 Å². The summed E-state index contributed by atoms with van der Waals surface area (Å²) >= 11 is 0.528. The van der Waals surface area contributed by atoms with Crippen LogP contribution >= 0.6 is 11.3 Å². The first-order valence-electron chi connectivity index (χ1n) is 17.6. The number of sulfonamides is 1. The number of pyridine rings is 1. The van der Waals surface area contributed by atoms with Gasteiger partial charge in [0, 0.05) is 30.8 Å². The Morgan fingerprint density at radius 3 is 2.41 bits per heavy atom. The predicted octanol–water partition coefficient (Wildman–Crippen LogP) is 2.91. The van der Waals surface area contributed by atoms with Crippen LogP contribution in [0.1, 0.15) is 61.3 Å². The van der Waals surface area contributed by atoms with Crippen LogP contribution in [0.5, 0.6) is 11.6 Å². The predicted molar refractivity (Wildman–Crippen MR) is 204 cm³/mol. The van der Waals surface area contributed by atoms with Crippen LogP contribution in [0.4, 0.5) is 9.93 Å². The van der Waals surface area contributed by atoms with Crippen molar-refractivity contribution < 1.29 is 46.6 Å². The van der Waals surface area contributed by atoms with Crippen LogP contribution in [0.2, 0.25) is 0 Å². The number of methoxy groups -OCH3 is 1. The van der Waals surface area contributed by atoms with Crippen LogP contribution in [0.3, 0.4) is 0 Å². The van der Waals surface area contributed by atoms with E-state index in [9.17, 15) is 32.4 Å². The molecule has 2 fully saturated rings. The topological polar surface area (TPSA) is 237 Å². The van der Waals surface area contributed by atoms with Gasteiger partial charge in [-0.25, -0.2) is 14.5 Å². The zero-order valence-electron chi connectivity index (χ0n) is 32.3. The van der Waals surface area contributed by atoms with Crippen molar-refractivity contribution in [1.82, 2.24) is 35.4 Å². The standard InChI is InChI=1S/C36H46N8O10S2/c1-10-21-17-36(21,30(48)43-56(50,51)33-42-41-31(55-33)38-19(2)45)40-27(46)25-16-23(53-28-24-12-11-22(52-9)15-20(24)13-14-37-28)18-44(25)29(47)26(34(3,4)5)39-32(49)54-35(6,7)8/h10-15,21,23,25-26H,1,16-18H2,2-9H3,(H,39,49)(H,40,46)(H,43,48)(H,38,41,45)/t21-,23?,25+,26-,36-/m1/s1. The number of anilines is 1. The lowest BCUT2D eigenvalue weighted by Gasteiger charge is -2.36. The van der Waals surface area contributed by atoms with E-state index >= 15 is 0 Å². The number of aromatic nitrogens is 3. The highest BCUT2D eigenvalue weighted by atomic mass is 32.2. The van der Waals surface area contributed by atoms with Gasteiger partial charge in [0.2, 0.25) is 28.7 Å². The van der Waals surface area contributed by atoms with Crippen LogP contribution in [0.15, 0.2) is 47.5 Å². The molecule has 1 saturated carbocycles. The van der Waals surface area contributed by atoms with Crippen molar-refractivity contribution in [3.05, 3.63) is 43.1 Å². The summed E-state index contributed by atoms with van der Waals surface area (Å²) in [4.78, 5) is 72.7. The number of fused-ring (bicyclic) bond motifs is 1. The maximum atomic E-state index is 14.5. The minimum absolute atomic E-state index is 0.00561. The minimum Gasteiger partial charge on any atom is -0.497 e. The maximum absolute atomic E-state index is 14.5. The molecule has 0 bridgehead atoms. The number of alkyl carbamates (subject to hydrolysis) is 1. The molecule has 20 heteroatoms. The summed E-state index contributed by atoms with van der Waals surface area (Å²) in [6, 6.07) is 4.70. The van der Waals surface area contributed by atoms with Gasteiger partial charge in [-0.15, -0.1) is 16.8 Å². The number of ether oxygens (including phenoxy) is 3. The van der Waals surface area contributed by atoms with Crippen molar-refractivity contribution >= 4 is 67.0 Å². The zero-order chi connectivity index (χ0) is 41.4. The monoisotopic (exact) mass is 814 g/mol. The molecular weight excluding hydrogens is 769 g/mol. The second kappa shape index (κ2) is 15.6. The molecule has 0 radical (unpaired) electrons. The van der Waals surface area contributed by atoms with Gasteiger partial charge in [0.25, 0.3) is 20.3 Å². The molecule has 1 aromatic carbocycles. The average molecular weight is 815 g/mol. The third kappa shape index (κ3) is 9.35. The molecule has 5 atom stereocenters. The number of amides is 5. The van der Waals surface area contributed by atoms with Gasteiger partial charge >= 0.3 is 6.09 Å². The Kier molecular flexibility index (Phi) is 11.7. The van der Waals surface area contributed by atoms with Crippen molar-refractivity contribution in [2.24, 2.45) is 11.3 Å². The van der Waals surface area contributed by atoms with Crippen molar-refractivity contribution in [3.8, 4) is 11.6 Å². The van der Waals surface area contributed by atoms with Gasteiger partial charge in [-0.1, -0.05) is 38.2 Å². The molecule has 3 aromatic rings. The number of carbonyl (C=O) groups is 5. The summed E-state index contributed by atoms with van der Waals surface area (Å²) in [5.41, 5.74) is -3.48. The second-order valence-electron chi connectivity index (χ2n) is 15.6. The number of carbonyl (C=O) groups excluding carboxylic acids is 5. The fourth-order valence-corrected chi connectivity index (χ4v) is 8.22. The summed E-state index contributed by atoms with van der Waals surface area (Å²) in [5.74, 6) is -2.76. The van der Waals surface area contributed by atoms with Gasteiger partial charge in [-0.05, 0) is 62.3 Å². The van der Waals surface area contributed by atoms with Gasteiger partial charge in [0.05, 0.1) is 13.7 Å². The first-order chi connectivity index (χ1) is 26.1. The summed E-state index contributed by atoms with van der Waals surface area (Å²) in [6.45, 7) is 15.1. The number of nitrogens with zero attached hydrogens (tertiary/aromatic N) is 4. The minimum atomic E-state index is -4.59. The van der Waals surface area contributed by atoms with Gasteiger partial charge in [0.1, 0.15) is 35.1 Å². The molecule has 3 heterocycles. The van der Waals surface area contributed by atoms with Crippen molar-refractivity contribution in [2.45, 2.75) is 95.0 Å². The molecular formula is C36H46N8O10S2. The highest BCUT2D eigenvalue weighted by Gasteiger charge is 2.62. The fraction of sp³-hybridized carbons (Fsp3) is 0.500. The zero-order valence-corrected chi connectivity index (χ0v) is 33.9. The van der Waals surface area contributed by atoms with Crippen LogP contribution in [-0.4, -0.2) is 101 Å². The Labute approximate surface area is 328 Å². The fourth-order valence-electron chi connectivity index (χ4n) is 6.24. The Bertz CT molecular complexity index is 2160. The lowest BCUT2D eigenvalue weighted by Crippen LogP contribution is -2.60. The molecule has 1 aliphatic heterocycles. The van der Waals surface area contributed by atoms with Crippen LogP contribution in [-0.2, 0) is 33.9 Å². The Morgan fingerprint density at radius 1 is 1.09 bits per heavy atom. The molecule has 56 heavy (non-hydrogen) atoms. The molecule has 4 N–H and O–H groups in total. The summed E-state index contributed by atoms with van der Waals surface area (Å²) in [6.07, 6.45) is 1.30. The number of benzene rings is 1. The molecule has 302 valence electrons. The SMILES string of the molecule is C=C[C@@H]1C[C@]1(NC(=O)[C@@H]1CC(Oc2nccc3cc(OC)ccc23)CN1C(=O)[C@@H](NC(=O)OC(C)(C)C)C(C)(C)C)C(=O)NS(=O)(=O)c1nnc(NC(C)=O)s1. The highest BCUT2D eigenvalue weighted by molar-refractivity contribution is 7.92. The third-order valence-electron chi connectivity index (χ3n) is 9.03. The Hall–Kier alpha value is -5.37.